The van der Waals surface area contributed by atoms with Gasteiger partial charge in [0.2, 0.25) is 0 Å². The quantitative estimate of drug-likeness (QED) is 0.845. The molecule has 1 nitrogen and oxygen atoms in total. The van der Waals surface area contributed by atoms with E-state index in [4.69, 9.17) is 0 Å². The van der Waals surface area contributed by atoms with Gasteiger partial charge in [0.15, 0.2) is 0 Å². The summed E-state index contributed by atoms with van der Waals surface area (Å²) in [4.78, 5) is 0. The largest absolute Gasteiger partial charge is 0.311 e. The van der Waals surface area contributed by atoms with Crippen LogP contribution >= 0.6 is 0 Å². The third kappa shape index (κ3) is 2.11. The molecule has 2 heteroatoms. The highest BCUT2D eigenvalue weighted by Crippen LogP contribution is 2.46. The van der Waals surface area contributed by atoms with Gasteiger partial charge in [-0.05, 0) is 74.8 Å². The SMILES string of the molecule is Cc1cc(F)ccc1CC1(C2CC2)CCCN1. The molecular formula is C15H20FN. The molecule has 1 aliphatic carbocycles. The first-order chi connectivity index (χ1) is 8.20. The Bertz CT molecular complexity index is 417. The second-order valence-corrected chi connectivity index (χ2v) is 5.71. The van der Waals surface area contributed by atoms with Crippen LogP contribution in [0, 0.1) is 18.7 Å². The van der Waals surface area contributed by atoms with E-state index < -0.39 is 0 Å². The molecule has 0 spiro atoms. The molecule has 0 amide bonds. The van der Waals surface area contributed by atoms with E-state index in [1.54, 1.807) is 12.1 Å². The van der Waals surface area contributed by atoms with E-state index in [0.717, 1.165) is 24.4 Å². The van der Waals surface area contributed by atoms with Crippen molar-refractivity contribution in [1.29, 1.82) is 0 Å². The molecule has 1 aromatic rings. The summed E-state index contributed by atoms with van der Waals surface area (Å²) in [5.74, 6) is 0.737. The van der Waals surface area contributed by atoms with Crippen LogP contribution in [0.15, 0.2) is 18.2 Å². The van der Waals surface area contributed by atoms with Crippen molar-refractivity contribution in [1.82, 2.24) is 5.32 Å². The summed E-state index contributed by atoms with van der Waals surface area (Å²) >= 11 is 0. The molecule has 1 unspecified atom stereocenters. The average molecular weight is 233 g/mol. The second-order valence-electron chi connectivity index (χ2n) is 5.71. The van der Waals surface area contributed by atoms with Crippen LogP contribution in [0.25, 0.3) is 0 Å². The second kappa shape index (κ2) is 4.09. The molecule has 1 saturated heterocycles. The highest BCUT2D eigenvalue weighted by atomic mass is 19.1. The van der Waals surface area contributed by atoms with Crippen LogP contribution in [0.3, 0.4) is 0 Å². The average Bonchev–Trinajstić information content (AvgIpc) is 3.05. The van der Waals surface area contributed by atoms with E-state index in [9.17, 15) is 4.39 Å². The lowest BCUT2D eigenvalue weighted by Gasteiger charge is -2.30. The molecule has 3 rings (SSSR count). The Hall–Kier alpha value is -0.890. The number of hydrogen-bond donors (Lipinski definition) is 1. The summed E-state index contributed by atoms with van der Waals surface area (Å²) < 4.78 is 13.1. The summed E-state index contributed by atoms with van der Waals surface area (Å²) in [5, 5.41) is 3.73. The van der Waals surface area contributed by atoms with Crippen molar-refractivity contribution in [2.45, 2.75) is 44.6 Å². The van der Waals surface area contributed by atoms with Crippen molar-refractivity contribution >= 4 is 0 Å². The van der Waals surface area contributed by atoms with E-state index >= 15 is 0 Å². The summed E-state index contributed by atoms with van der Waals surface area (Å²) in [6.07, 6.45) is 6.38. The van der Waals surface area contributed by atoms with E-state index in [1.165, 1.54) is 31.2 Å². The first-order valence-electron chi connectivity index (χ1n) is 6.70. The molecule has 0 radical (unpaired) electrons. The Morgan fingerprint density at radius 1 is 1.41 bits per heavy atom. The van der Waals surface area contributed by atoms with Crippen LogP contribution in [0.2, 0.25) is 0 Å². The Balaban J connectivity index is 1.84. The van der Waals surface area contributed by atoms with Gasteiger partial charge in [0.25, 0.3) is 0 Å². The number of halogens is 1. The van der Waals surface area contributed by atoms with E-state index in [2.05, 4.69) is 5.32 Å². The zero-order valence-corrected chi connectivity index (χ0v) is 10.4. The van der Waals surface area contributed by atoms with Crippen molar-refractivity contribution in [2.75, 3.05) is 6.54 Å². The molecule has 0 aromatic heterocycles. The molecule has 2 aliphatic rings. The van der Waals surface area contributed by atoms with Gasteiger partial charge in [0.05, 0.1) is 0 Å². The molecule has 0 bridgehead atoms. The number of nitrogens with one attached hydrogen (secondary N) is 1. The van der Waals surface area contributed by atoms with Crippen LogP contribution in [0.5, 0.6) is 0 Å². The van der Waals surface area contributed by atoms with Crippen LogP contribution in [-0.4, -0.2) is 12.1 Å². The third-order valence-electron chi connectivity index (χ3n) is 4.45. The minimum absolute atomic E-state index is 0.119. The predicted molar refractivity (Wildman–Crippen MR) is 67.5 cm³/mol. The molecule has 1 aliphatic heterocycles. The van der Waals surface area contributed by atoms with Gasteiger partial charge < -0.3 is 5.32 Å². The van der Waals surface area contributed by atoms with E-state index in [-0.39, 0.29) is 5.82 Å². The van der Waals surface area contributed by atoms with Gasteiger partial charge in [-0.1, -0.05) is 6.07 Å². The maximum atomic E-state index is 13.1. The minimum Gasteiger partial charge on any atom is -0.311 e. The Kier molecular flexibility index (Phi) is 2.70. The fourth-order valence-corrected chi connectivity index (χ4v) is 3.31. The standard InChI is InChI=1S/C15H20FN/c1-11-9-14(16)6-3-12(11)10-15(13-4-5-13)7-2-8-17-15/h3,6,9,13,17H,2,4-5,7-8,10H2,1H3. The summed E-state index contributed by atoms with van der Waals surface area (Å²) in [6, 6.07) is 5.22. The van der Waals surface area contributed by atoms with Gasteiger partial charge in [-0.3, -0.25) is 0 Å². The van der Waals surface area contributed by atoms with Crippen molar-refractivity contribution in [2.24, 2.45) is 5.92 Å². The summed E-state index contributed by atoms with van der Waals surface area (Å²) in [7, 11) is 0. The van der Waals surface area contributed by atoms with Crippen molar-refractivity contribution in [3.63, 3.8) is 0 Å². The van der Waals surface area contributed by atoms with E-state index in [1.807, 2.05) is 13.0 Å². The number of rotatable bonds is 3. The van der Waals surface area contributed by atoms with Gasteiger partial charge in [0.1, 0.15) is 5.82 Å². The molecule has 1 N–H and O–H groups in total. The number of benzene rings is 1. The number of hydrogen-bond acceptors (Lipinski definition) is 1. The van der Waals surface area contributed by atoms with Crippen LogP contribution in [-0.2, 0) is 6.42 Å². The van der Waals surface area contributed by atoms with Crippen molar-refractivity contribution < 1.29 is 4.39 Å². The Morgan fingerprint density at radius 2 is 2.24 bits per heavy atom. The summed E-state index contributed by atoms with van der Waals surface area (Å²) in [6.45, 7) is 3.17. The Labute approximate surface area is 102 Å². The van der Waals surface area contributed by atoms with Crippen molar-refractivity contribution in [3.8, 4) is 0 Å². The minimum atomic E-state index is -0.119. The maximum Gasteiger partial charge on any atom is 0.123 e. The highest BCUT2D eigenvalue weighted by Gasteiger charge is 2.46. The highest BCUT2D eigenvalue weighted by molar-refractivity contribution is 5.29. The lowest BCUT2D eigenvalue weighted by molar-refractivity contribution is 0.323. The fourth-order valence-electron chi connectivity index (χ4n) is 3.31. The first kappa shape index (κ1) is 11.2. The lowest BCUT2D eigenvalue weighted by atomic mass is 9.83. The molecule has 1 atom stereocenters. The van der Waals surface area contributed by atoms with Gasteiger partial charge >= 0.3 is 0 Å². The van der Waals surface area contributed by atoms with Crippen LogP contribution in [0.4, 0.5) is 4.39 Å². The molecular weight excluding hydrogens is 213 g/mol. The van der Waals surface area contributed by atoms with Gasteiger partial charge in [-0.2, -0.15) is 0 Å². The van der Waals surface area contributed by atoms with E-state index in [0.29, 0.717) is 5.54 Å². The molecule has 1 saturated carbocycles. The van der Waals surface area contributed by atoms with Gasteiger partial charge in [-0.25, -0.2) is 4.39 Å². The van der Waals surface area contributed by atoms with Crippen LogP contribution in [0.1, 0.15) is 36.8 Å². The lowest BCUT2D eigenvalue weighted by Crippen LogP contribution is -2.44. The molecule has 2 fully saturated rings. The molecule has 1 heterocycles. The molecule has 17 heavy (non-hydrogen) atoms. The Morgan fingerprint density at radius 3 is 2.82 bits per heavy atom. The van der Waals surface area contributed by atoms with Crippen LogP contribution < -0.4 is 5.32 Å². The van der Waals surface area contributed by atoms with Gasteiger partial charge in [0, 0.05) is 5.54 Å². The predicted octanol–water partition coefficient (Wildman–Crippen LogP) is 3.21. The maximum absolute atomic E-state index is 13.1. The monoisotopic (exact) mass is 233 g/mol. The zero-order chi connectivity index (χ0) is 11.9. The molecule has 1 aromatic carbocycles. The zero-order valence-electron chi connectivity index (χ0n) is 10.4. The molecule has 92 valence electrons. The topological polar surface area (TPSA) is 12.0 Å². The smallest absolute Gasteiger partial charge is 0.123 e. The van der Waals surface area contributed by atoms with Crippen molar-refractivity contribution in [3.05, 3.63) is 35.1 Å². The van der Waals surface area contributed by atoms with Gasteiger partial charge in [-0.15, -0.1) is 0 Å². The number of aryl methyl sites for hydroxylation is 1. The summed E-state index contributed by atoms with van der Waals surface area (Å²) in [5.41, 5.74) is 2.73. The first-order valence-corrected chi connectivity index (χ1v) is 6.70. The fraction of sp³-hybridized carbons (Fsp3) is 0.600. The normalized spacial score (nSPS) is 28.6. The third-order valence-corrected chi connectivity index (χ3v) is 4.45.